The number of thiocarbonyl (C=S) groups is 1. The smallest absolute Gasteiger partial charge is 0.127 e. The van der Waals surface area contributed by atoms with E-state index in [2.05, 4.69) is 0 Å². The van der Waals surface area contributed by atoms with Crippen LogP contribution < -0.4 is 10.5 Å². The Morgan fingerprint density at radius 2 is 1.72 bits per heavy atom. The van der Waals surface area contributed by atoms with Gasteiger partial charge in [-0.3, -0.25) is 0 Å². The minimum Gasteiger partial charge on any atom is -0.457 e. The standard InChI is InChI=1S/C14H12ClNOS/c1-9-8-12(6-7-13(9)14(16)18)17-11-4-2-10(15)3-5-11/h2-8H,1H3,(H2,16,18). The van der Waals surface area contributed by atoms with Crippen molar-refractivity contribution in [1.82, 2.24) is 0 Å². The molecule has 2 rings (SSSR count). The molecule has 0 atom stereocenters. The van der Waals surface area contributed by atoms with E-state index in [1.807, 2.05) is 37.3 Å². The summed E-state index contributed by atoms with van der Waals surface area (Å²) in [6, 6.07) is 12.8. The number of rotatable bonds is 3. The summed E-state index contributed by atoms with van der Waals surface area (Å²) in [5.74, 6) is 1.48. The van der Waals surface area contributed by atoms with Crippen LogP contribution in [0.4, 0.5) is 0 Å². The molecular formula is C14H12ClNOS. The highest BCUT2D eigenvalue weighted by atomic mass is 35.5. The molecule has 0 amide bonds. The first-order valence-corrected chi connectivity index (χ1v) is 6.19. The van der Waals surface area contributed by atoms with Crippen LogP contribution in [-0.4, -0.2) is 4.99 Å². The van der Waals surface area contributed by atoms with Gasteiger partial charge in [-0.1, -0.05) is 23.8 Å². The molecule has 0 aromatic heterocycles. The predicted octanol–water partition coefficient (Wildman–Crippen LogP) is 4.07. The number of nitrogens with two attached hydrogens (primary N) is 1. The second-order valence-electron chi connectivity index (χ2n) is 3.90. The molecule has 18 heavy (non-hydrogen) atoms. The highest BCUT2D eigenvalue weighted by Gasteiger charge is 2.04. The lowest BCUT2D eigenvalue weighted by atomic mass is 10.1. The molecule has 2 nitrogen and oxygen atoms in total. The largest absolute Gasteiger partial charge is 0.457 e. The van der Waals surface area contributed by atoms with Crippen molar-refractivity contribution >= 4 is 28.8 Å². The average molecular weight is 278 g/mol. The van der Waals surface area contributed by atoms with Gasteiger partial charge in [0.1, 0.15) is 16.5 Å². The Morgan fingerprint density at radius 3 is 2.28 bits per heavy atom. The summed E-state index contributed by atoms with van der Waals surface area (Å²) in [7, 11) is 0. The van der Waals surface area contributed by atoms with E-state index in [1.165, 1.54) is 0 Å². The van der Waals surface area contributed by atoms with Gasteiger partial charge < -0.3 is 10.5 Å². The summed E-state index contributed by atoms with van der Waals surface area (Å²) in [6.07, 6.45) is 0. The highest BCUT2D eigenvalue weighted by molar-refractivity contribution is 7.80. The molecule has 0 radical (unpaired) electrons. The van der Waals surface area contributed by atoms with Crippen molar-refractivity contribution in [3.8, 4) is 11.5 Å². The Bertz CT molecular complexity index is 581. The normalized spacial score (nSPS) is 10.1. The first-order chi connectivity index (χ1) is 8.56. The third-order valence-corrected chi connectivity index (χ3v) is 2.98. The van der Waals surface area contributed by atoms with Crippen LogP contribution in [0, 0.1) is 6.92 Å². The average Bonchev–Trinajstić information content (AvgIpc) is 2.32. The van der Waals surface area contributed by atoms with Crippen molar-refractivity contribution in [2.24, 2.45) is 5.73 Å². The van der Waals surface area contributed by atoms with Crippen LogP contribution in [-0.2, 0) is 0 Å². The van der Waals surface area contributed by atoms with Crippen LogP contribution in [0.2, 0.25) is 5.02 Å². The van der Waals surface area contributed by atoms with E-state index in [0.717, 1.165) is 22.6 Å². The minimum absolute atomic E-state index is 0.394. The van der Waals surface area contributed by atoms with Gasteiger partial charge in [-0.15, -0.1) is 0 Å². The topological polar surface area (TPSA) is 35.2 Å². The first-order valence-electron chi connectivity index (χ1n) is 5.40. The van der Waals surface area contributed by atoms with E-state index < -0.39 is 0 Å². The van der Waals surface area contributed by atoms with Gasteiger partial charge in [-0.25, -0.2) is 0 Å². The number of aryl methyl sites for hydroxylation is 1. The molecule has 2 aromatic carbocycles. The number of benzene rings is 2. The molecule has 0 heterocycles. The Labute approximate surface area is 116 Å². The molecule has 2 aromatic rings. The van der Waals surface area contributed by atoms with Crippen molar-refractivity contribution in [1.29, 1.82) is 0 Å². The zero-order valence-corrected chi connectivity index (χ0v) is 11.4. The molecule has 0 aliphatic heterocycles. The number of hydrogen-bond donors (Lipinski definition) is 1. The molecule has 4 heteroatoms. The zero-order valence-electron chi connectivity index (χ0n) is 9.81. The molecular weight excluding hydrogens is 266 g/mol. The fourth-order valence-corrected chi connectivity index (χ4v) is 1.97. The maximum absolute atomic E-state index is 5.81. The summed E-state index contributed by atoms with van der Waals surface area (Å²) in [5, 5.41) is 0.683. The number of hydrogen-bond acceptors (Lipinski definition) is 2. The molecule has 0 saturated heterocycles. The lowest BCUT2D eigenvalue weighted by Gasteiger charge is -2.09. The lowest BCUT2D eigenvalue weighted by Crippen LogP contribution is -2.10. The van der Waals surface area contributed by atoms with Gasteiger partial charge >= 0.3 is 0 Å². The van der Waals surface area contributed by atoms with E-state index in [4.69, 9.17) is 34.3 Å². The van der Waals surface area contributed by atoms with E-state index >= 15 is 0 Å². The summed E-state index contributed by atoms with van der Waals surface area (Å²) >= 11 is 10.8. The maximum Gasteiger partial charge on any atom is 0.127 e. The predicted molar refractivity (Wildman–Crippen MR) is 78.6 cm³/mol. The highest BCUT2D eigenvalue weighted by Crippen LogP contribution is 2.25. The summed E-state index contributed by atoms with van der Waals surface area (Å²) in [5.41, 5.74) is 7.47. The minimum atomic E-state index is 0.394. The van der Waals surface area contributed by atoms with Gasteiger partial charge in [-0.05, 0) is 55.0 Å². The Hall–Kier alpha value is -1.58. The summed E-state index contributed by atoms with van der Waals surface area (Å²) < 4.78 is 5.71. The van der Waals surface area contributed by atoms with E-state index in [0.29, 0.717) is 10.0 Å². The van der Waals surface area contributed by atoms with Crippen molar-refractivity contribution in [2.75, 3.05) is 0 Å². The van der Waals surface area contributed by atoms with E-state index in [-0.39, 0.29) is 0 Å². The van der Waals surface area contributed by atoms with Crippen LogP contribution >= 0.6 is 23.8 Å². The Kier molecular flexibility index (Phi) is 3.84. The molecule has 0 bridgehead atoms. The van der Waals surface area contributed by atoms with Crippen molar-refractivity contribution in [2.45, 2.75) is 6.92 Å². The van der Waals surface area contributed by atoms with E-state index in [1.54, 1.807) is 12.1 Å². The number of ether oxygens (including phenoxy) is 1. The van der Waals surface area contributed by atoms with Crippen LogP contribution in [0.15, 0.2) is 42.5 Å². The maximum atomic E-state index is 5.81. The molecule has 0 unspecified atom stereocenters. The first kappa shape index (κ1) is 12.9. The second kappa shape index (κ2) is 5.38. The van der Waals surface area contributed by atoms with Gasteiger partial charge in [0.05, 0.1) is 0 Å². The molecule has 0 aliphatic rings. The van der Waals surface area contributed by atoms with Gasteiger partial charge in [0, 0.05) is 10.6 Å². The van der Waals surface area contributed by atoms with E-state index in [9.17, 15) is 0 Å². The van der Waals surface area contributed by atoms with Crippen molar-refractivity contribution in [3.63, 3.8) is 0 Å². The van der Waals surface area contributed by atoms with Crippen LogP contribution in [0.1, 0.15) is 11.1 Å². The monoisotopic (exact) mass is 277 g/mol. The fraction of sp³-hybridized carbons (Fsp3) is 0.0714. The molecule has 0 spiro atoms. The summed E-state index contributed by atoms with van der Waals surface area (Å²) in [4.78, 5) is 0.394. The third-order valence-electron chi connectivity index (χ3n) is 2.51. The Morgan fingerprint density at radius 1 is 1.11 bits per heavy atom. The zero-order chi connectivity index (χ0) is 13.1. The van der Waals surface area contributed by atoms with Crippen LogP contribution in [0.25, 0.3) is 0 Å². The van der Waals surface area contributed by atoms with Gasteiger partial charge in [-0.2, -0.15) is 0 Å². The quantitative estimate of drug-likeness (QED) is 0.859. The molecule has 0 fully saturated rings. The molecule has 0 saturated carbocycles. The number of halogens is 1. The fourth-order valence-electron chi connectivity index (χ4n) is 1.61. The Balaban J connectivity index is 2.22. The second-order valence-corrected chi connectivity index (χ2v) is 4.77. The molecule has 92 valence electrons. The molecule has 2 N–H and O–H groups in total. The van der Waals surface area contributed by atoms with Gasteiger partial charge in [0.2, 0.25) is 0 Å². The van der Waals surface area contributed by atoms with Gasteiger partial charge in [0.15, 0.2) is 0 Å². The molecule has 0 aliphatic carbocycles. The van der Waals surface area contributed by atoms with Crippen LogP contribution in [0.5, 0.6) is 11.5 Å². The van der Waals surface area contributed by atoms with Crippen molar-refractivity contribution < 1.29 is 4.74 Å². The third kappa shape index (κ3) is 3.00. The SMILES string of the molecule is Cc1cc(Oc2ccc(Cl)cc2)ccc1C(N)=S. The van der Waals surface area contributed by atoms with Crippen molar-refractivity contribution in [3.05, 3.63) is 58.6 Å². The van der Waals surface area contributed by atoms with Crippen LogP contribution in [0.3, 0.4) is 0 Å². The van der Waals surface area contributed by atoms with Gasteiger partial charge in [0.25, 0.3) is 0 Å². The summed E-state index contributed by atoms with van der Waals surface area (Å²) in [6.45, 7) is 1.95. The lowest BCUT2D eigenvalue weighted by molar-refractivity contribution is 0.482.